The number of aromatic nitrogens is 1. The molecule has 3 rings (SSSR count). The highest BCUT2D eigenvalue weighted by Crippen LogP contribution is 2.37. The summed E-state index contributed by atoms with van der Waals surface area (Å²) >= 11 is 1.21. The average molecular weight is 438 g/mol. The van der Waals surface area contributed by atoms with Crippen LogP contribution in [0.5, 0.6) is 5.75 Å². The summed E-state index contributed by atoms with van der Waals surface area (Å²) in [4.78, 5) is 5.05. The molecular weight excluding hydrogens is 423 g/mol. The molecule has 0 radical (unpaired) electrons. The summed E-state index contributed by atoms with van der Waals surface area (Å²) < 4.78 is 71.9. The van der Waals surface area contributed by atoms with Crippen LogP contribution in [0.15, 0.2) is 36.4 Å². The first-order chi connectivity index (χ1) is 14.1. The van der Waals surface area contributed by atoms with Gasteiger partial charge in [0, 0.05) is 11.6 Å². The zero-order valence-corrected chi connectivity index (χ0v) is 16.7. The predicted octanol–water partition coefficient (Wildman–Crippen LogP) is 6.82. The zero-order valence-electron chi connectivity index (χ0n) is 15.8. The van der Waals surface area contributed by atoms with E-state index in [1.54, 1.807) is 19.9 Å². The number of thiazole rings is 1. The van der Waals surface area contributed by atoms with Gasteiger partial charge in [0.2, 0.25) is 0 Å². The Morgan fingerprint density at radius 1 is 1.13 bits per heavy atom. The fraction of sp³-hybridized carbons (Fsp3) is 0.238. The molecule has 0 aliphatic carbocycles. The van der Waals surface area contributed by atoms with Crippen molar-refractivity contribution >= 4 is 11.3 Å². The van der Waals surface area contributed by atoms with Crippen LogP contribution in [0.3, 0.4) is 0 Å². The molecule has 0 bridgehead atoms. The van der Waals surface area contributed by atoms with Crippen molar-refractivity contribution in [2.24, 2.45) is 0 Å². The van der Waals surface area contributed by atoms with E-state index in [0.717, 1.165) is 24.3 Å². The van der Waals surface area contributed by atoms with Gasteiger partial charge in [-0.2, -0.15) is 18.4 Å². The first kappa shape index (κ1) is 21.7. The van der Waals surface area contributed by atoms with Gasteiger partial charge in [-0.25, -0.2) is 13.8 Å². The second-order valence-corrected chi connectivity index (χ2v) is 7.46. The quantitative estimate of drug-likeness (QED) is 0.411. The highest BCUT2D eigenvalue weighted by atomic mass is 32.1. The van der Waals surface area contributed by atoms with Crippen molar-refractivity contribution in [3.63, 3.8) is 0 Å². The molecule has 0 aliphatic rings. The Hall–Kier alpha value is -2.99. The lowest BCUT2D eigenvalue weighted by atomic mass is 10.1. The molecule has 1 aromatic heterocycles. The largest absolute Gasteiger partial charge is 0.482 e. The number of benzene rings is 2. The second-order valence-electron chi connectivity index (χ2n) is 6.43. The minimum atomic E-state index is -4.43. The van der Waals surface area contributed by atoms with Gasteiger partial charge in [-0.05, 0) is 31.5 Å². The van der Waals surface area contributed by atoms with Crippen LogP contribution in [0, 0.1) is 29.9 Å². The van der Waals surface area contributed by atoms with Gasteiger partial charge in [0.1, 0.15) is 23.0 Å². The van der Waals surface area contributed by atoms with Crippen molar-refractivity contribution in [2.45, 2.75) is 32.5 Å². The third-order valence-corrected chi connectivity index (χ3v) is 5.66. The molecule has 9 heteroatoms. The molecule has 3 aromatic rings. The Morgan fingerprint density at radius 3 is 2.37 bits per heavy atom. The van der Waals surface area contributed by atoms with Crippen molar-refractivity contribution in [2.75, 3.05) is 0 Å². The third-order valence-electron chi connectivity index (χ3n) is 4.37. The minimum Gasteiger partial charge on any atom is -0.482 e. The molecule has 3 nitrogen and oxygen atoms in total. The summed E-state index contributed by atoms with van der Waals surface area (Å²) in [6.45, 7) is 3.50. The molecule has 0 fully saturated rings. The number of aryl methyl sites for hydroxylation is 1. The van der Waals surface area contributed by atoms with E-state index in [4.69, 9.17) is 10.00 Å². The summed E-state index contributed by atoms with van der Waals surface area (Å²) in [5, 5.41) is 9.27. The smallest absolute Gasteiger partial charge is 0.416 e. The lowest BCUT2D eigenvalue weighted by Crippen LogP contribution is -2.08. The molecule has 2 aromatic carbocycles. The Kier molecular flexibility index (Phi) is 6.08. The van der Waals surface area contributed by atoms with E-state index >= 15 is 0 Å². The van der Waals surface area contributed by atoms with Crippen molar-refractivity contribution in [3.05, 3.63) is 69.7 Å². The predicted molar refractivity (Wildman–Crippen MR) is 102 cm³/mol. The SMILES string of the molecule is CCC(Oc1cc(F)c(C#N)cc1F)c1sc(-c2ccc(C(F)(F)F)cc2)nc1C. The Balaban J connectivity index is 1.89. The number of alkyl halides is 3. The van der Waals surface area contributed by atoms with Gasteiger partial charge in [-0.3, -0.25) is 0 Å². The highest BCUT2D eigenvalue weighted by Gasteiger charge is 2.30. The van der Waals surface area contributed by atoms with Crippen LogP contribution >= 0.6 is 11.3 Å². The number of hydrogen-bond donors (Lipinski definition) is 0. The molecule has 0 saturated carbocycles. The molecule has 0 amide bonds. The normalized spacial score (nSPS) is 12.5. The van der Waals surface area contributed by atoms with Crippen molar-refractivity contribution in [1.29, 1.82) is 5.26 Å². The zero-order chi connectivity index (χ0) is 22.1. The first-order valence-electron chi connectivity index (χ1n) is 8.84. The number of halogens is 5. The molecular formula is C21H15F5N2OS. The summed E-state index contributed by atoms with van der Waals surface area (Å²) in [7, 11) is 0. The molecule has 1 heterocycles. The number of hydrogen-bond acceptors (Lipinski definition) is 4. The standard InChI is InChI=1S/C21H15F5N2OS/c1-3-17(29-18-9-15(22)13(10-27)8-16(18)23)19-11(2)28-20(30-19)12-4-6-14(7-5-12)21(24,25)26/h4-9,17H,3H2,1-2H3. The molecule has 0 aliphatic heterocycles. The highest BCUT2D eigenvalue weighted by molar-refractivity contribution is 7.15. The maximum Gasteiger partial charge on any atom is 0.416 e. The maximum atomic E-state index is 14.2. The summed E-state index contributed by atoms with van der Waals surface area (Å²) in [6.07, 6.45) is -4.66. The van der Waals surface area contributed by atoms with Crippen LogP contribution in [0.25, 0.3) is 10.6 Å². The van der Waals surface area contributed by atoms with Crippen molar-refractivity contribution < 1.29 is 26.7 Å². The molecule has 30 heavy (non-hydrogen) atoms. The fourth-order valence-corrected chi connectivity index (χ4v) is 4.00. The average Bonchev–Trinajstić information content (AvgIpc) is 3.09. The molecule has 1 unspecified atom stereocenters. The molecule has 0 N–H and O–H groups in total. The van der Waals surface area contributed by atoms with Crippen LogP contribution in [-0.4, -0.2) is 4.98 Å². The van der Waals surface area contributed by atoms with Crippen LogP contribution < -0.4 is 4.74 Å². The van der Waals surface area contributed by atoms with Gasteiger partial charge in [-0.1, -0.05) is 19.1 Å². The Labute approximate surface area is 173 Å². The van der Waals surface area contributed by atoms with Crippen molar-refractivity contribution in [1.82, 2.24) is 4.98 Å². The third kappa shape index (κ3) is 4.44. The summed E-state index contributed by atoms with van der Waals surface area (Å²) in [6, 6.07) is 7.78. The van der Waals surface area contributed by atoms with E-state index in [9.17, 15) is 22.0 Å². The van der Waals surface area contributed by atoms with Gasteiger partial charge in [0.15, 0.2) is 11.6 Å². The van der Waals surface area contributed by atoms with E-state index in [1.165, 1.54) is 23.5 Å². The summed E-state index contributed by atoms with van der Waals surface area (Å²) in [5.74, 6) is -2.09. The van der Waals surface area contributed by atoms with Crippen LogP contribution in [0.4, 0.5) is 22.0 Å². The Bertz CT molecular complexity index is 1100. The van der Waals surface area contributed by atoms with E-state index < -0.39 is 35.0 Å². The minimum absolute atomic E-state index is 0.331. The van der Waals surface area contributed by atoms with Crippen LogP contribution in [-0.2, 0) is 6.18 Å². The second kappa shape index (κ2) is 8.40. The molecule has 156 valence electrons. The van der Waals surface area contributed by atoms with Crippen LogP contribution in [0.1, 0.15) is 41.1 Å². The lowest BCUT2D eigenvalue weighted by Gasteiger charge is -2.17. The topological polar surface area (TPSA) is 45.9 Å². The number of rotatable bonds is 5. The fourth-order valence-electron chi connectivity index (χ4n) is 2.81. The molecule has 0 saturated heterocycles. The number of nitriles is 1. The van der Waals surface area contributed by atoms with E-state index in [1.807, 2.05) is 0 Å². The monoisotopic (exact) mass is 438 g/mol. The first-order valence-corrected chi connectivity index (χ1v) is 9.66. The van der Waals surface area contributed by atoms with Gasteiger partial charge in [0.05, 0.1) is 21.7 Å². The lowest BCUT2D eigenvalue weighted by molar-refractivity contribution is -0.137. The molecule has 1 atom stereocenters. The van der Waals surface area contributed by atoms with Gasteiger partial charge in [-0.15, -0.1) is 11.3 Å². The number of ether oxygens (including phenoxy) is 1. The van der Waals surface area contributed by atoms with Crippen LogP contribution in [0.2, 0.25) is 0 Å². The summed E-state index contributed by atoms with van der Waals surface area (Å²) in [5.41, 5.74) is -0.0941. The van der Waals surface area contributed by atoms with Gasteiger partial charge in [0.25, 0.3) is 0 Å². The molecule has 0 spiro atoms. The van der Waals surface area contributed by atoms with E-state index in [0.29, 0.717) is 27.6 Å². The van der Waals surface area contributed by atoms with Crippen molar-refractivity contribution in [3.8, 4) is 22.4 Å². The van der Waals surface area contributed by atoms with Gasteiger partial charge >= 0.3 is 6.18 Å². The maximum absolute atomic E-state index is 14.2. The Morgan fingerprint density at radius 2 is 1.80 bits per heavy atom. The van der Waals surface area contributed by atoms with E-state index in [-0.39, 0.29) is 5.75 Å². The van der Waals surface area contributed by atoms with Gasteiger partial charge < -0.3 is 4.74 Å². The van der Waals surface area contributed by atoms with E-state index in [2.05, 4.69) is 4.98 Å². The number of nitrogens with zero attached hydrogens (tertiary/aromatic N) is 2.